The van der Waals surface area contributed by atoms with E-state index in [2.05, 4.69) is 27.8 Å². The van der Waals surface area contributed by atoms with E-state index < -0.39 is 18.2 Å². The molecule has 0 aromatic heterocycles. The van der Waals surface area contributed by atoms with Crippen molar-refractivity contribution >= 4 is 27.8 Å². The van der Waals surface area contributed by atoms with Crippen LogP contribution in [-0.4, -0.2) is 30.6 Å². The molecule has 0 fully saturated rings. The van der Waals surface area contributed by atoms with Crippen LogP contribution in [0.25, 0.3) is 0 Å². The summed E-state index contributed by atoms with van der Waals surface area (Å²) in [5.41, 5.74) is 0. The molecule has 0 bridgehead atoms. The molecule has 2 atom stereocenters. The molecule has 0 aliphatic heterocycles. The summed E-state index contributed by atoms with van der Waals surface area (Å²) in [5, 5.41) is 2.55. The summed E-state index contributed by atoms with van der Waals surface area (Å²) in [6.07, 6.45) is -0.139. The largest absolute Gasteiger partial charge is 0.479 e. The van der Waals surface area contributed by atoms with E-state index in [9.17, 15) is 9.59 Å². The van der Waals surface area contributed by atoms with Crippen LogP contribution < -0.4 is 10.1 Å². The average Bonchev–Trinajstić information content (AvgIpc) is 2.46. The van der Waals surface area contributed by atoms with Crippen molar-refractivity contribution in [3.05, 3.63) is 41.4 Å². The number of esters is 1. The summed E-state index contributed by atoms with van der Waals surface area (Å²) in [6, 6.07) is 7.07. The van der Waals surface area contributed by atoms with Gasteiger partial charge in [0.05, 0.1) is 0 Å². The van der Waals surface area contributed by atoms with Crippen molar-refractivity contribution in [3.63, 3.8) is 0 Å². The molecule has 0 radical (unpaired) electrons. The van der Waals surface area contributed by atoms with E-state index in [4.69, 9.17) is 9.47 Å². The van der Waals surface area contributed by atoms with E-state index in [0.29, 0.717) is 12.3 Å². The second-order valence-electron chi connectivity index (χ2n) is 4.33. The summed E-state index contributed by atoms with van der Waals surface area (Å²) >= 11 is 3.31. The highest BCUT2D eigenvalue weighted by atomic mass is 79.9. The molecule has 0 aliphatic rings. The molecule has 114 valence electrons. The van der Waals surface area contributed by atoms with Gasteiger partial charge < -0.3 is 14.8 Å². The van der Waals surface area contributed by atoms with Crippen molar-refractivity contribution in [3.8, 4) is 5.75 Å². The van der Waals surface area contributed by atoms with Gasteiger partial charge in [-0.3, -0.25) is 4.79 Å². The van der Waals surface area contributed by atoms with E-state index in [-0.39, 0.29) is 5.91 Å². The SMILES string of the molecule is C=CCNC(=O)[C@H](C)OC(=O)[C@@H](C)Oc1ccc(Br)cc1. The molecule has 5 nitrogen and oxygen atoms in total. The number of hydrogen-bond donors (Lipinski definition) is 1. The minimum Gasteiger partial charge on any atom is -0.479 e. The summed E-state index contributed by atoms with van der Waals surface area (Å²) in [5.74, 6) is -0.426. The molecular formula is C15H18BrNO4. The summed E-state index contributed by atoms with van der Waals surface area (Å²) in [7, 11) is 0. The van der Waals surface area contributed by atoms with Crippen molar-refractivity contribution in [2.75, 3.05) is 6.54 Å². The van der Waals surface area contributed by atoms with Crippen LogP contribution in [0.15, 0.2) is 41.4 Å². The van der Waals surface area contributed by atoms with Gasteiger partial charge in [-0.05, 0) is 38.1 Å². The van der Waals surface area contributed by atoms with E-state index >= 15 is 0 Å². The van der Waals surface area contributed by atoms with Crippen molar-refractivity contribution < 1.29 is 19.1 Å². The van der Waals surface area contributed by atoms with Crippen LogP contribution >= 0.6 is 15.9 Å². The number of carbonyl (C=O) groups is 2. The lowest BCUT2D eigenvalue weighted by molar-refractivity contribution is -0.160. The Morgan fingerprint density at radius 3 is 2.48 bits per heavy atom. The average molecular weight is 356 g/mol. The zero-order valence-electron chi connectivity index (χ0n) is 12.0. The Bertz CT molecular complexity index is 501. The zero-order valence-corrected chi connectivity index (χ0v) is 13.6. The molecule has 1 amide bonds. The van der Waals surface area contributed by atoms with Crippen LogP contribution in [0.3, 0.4) is 0 Å². The highest BCUT2D eigenvalue weighted by Crippen LogP contribution is 2.17. The first-order chi connectivity index (χ1) is 9.93. The first-order valence-corrected chi connectivity index (χ1v) is 7.24. The van der Waals surface area contributed by atoms with Gasteiger partial charge >= 0.3 is 5.97 Å². The van der Waals surface area contributed by atoms with E-state index in [1.165, 1.54) is 6.92 Å². The maximum atomic E-state index is 11.8. The molecule has 1 aromatic carbocycles. The quantitative estimate of drug-likeness (QED) is 0.602. The Morgan fingerprint density at radius 2 is 1.90 bits per heavy atom. The fourth-order valence-corrected chi connectivity index (χ4v) is 1.67. The molecule has 1 aromatic rings. The Kier molecular flexibility index (Phi) is 6.94. The van der Waals surface area contributed by atoms with Crippen molar-refractivity contribution in [1.82, 2.24) is 5.32 Å². The standard InChI is InChI=1S/C15H18BrNO4/c1-4-9-17-14(18)10(2)21-15(19)11(3)20-13-7-5-12(16)6-8-13/h4-8,10-11H,1,9H2,2-3H3,(H,17,18)/t10-,11+/m0/s1. The number of hydrogen-bond acceptors (Lipinski definition) is 4. The van der Waals surface area contributed by atoms with Crippen LogP contribution in [-0.2, 0) is 14.3 Å². The van der Waals surface area contributed by atoms with Crippen molar-refractivity contribution in [2.24, 2.45) is 0 Å². The van der Waals surface area contributed by atoms with Gasteiger partial charge in [0.2, 0.25) is 0 Å². The minimum absolute atomic E-state index is 0.325. The van der Waals surface area contributed by atoms with Crippen LogP contribution in [0.1, 0.15) is 13.8 Å². The number of halogens is 1. The summed E-state index contributed by atoms with van der Waals surface area (Å²) < 4.78 is 11.4. The second-order valence-corrected chi connectivity index (χ2v) is 5.24. The third-order valence-electron chi connectivity index (χ3n) is 2.54. The monoisotopic (exact) mass is 355 g/mol. The molecule has 0 heterocycles. The Morgan fingerprint density at radius 1 is 1.29 bits per heavy atom. The Labute approximate surface area is 132 Å². The van der Waals surface area contributed by atoms with Gasteiger partial charge in [-0.1, -0.05) is 22.0 Å². The zero-order chi connectivity index (χ0) is 15.8. The third-order valence-corrected chi connectivity index (χ3v) is 3.07. The third kappa shape index (κ3) is 5.99. The predicted molar refractivity (Wildman–Crippen MR) is 83.0 cm³/mol. The van der Waals surface area contributed by atoms with Crippen LogP contribution in [0.5, 0.6) is 5.75 Å². The Hall–Kier alpha value is -1.82. The highest BCUT2D eigenvalue weighted by molar-refractivity contribution is 9.10. The normalized spacial score (nSPS) is 12.9. The number of amides is 1. The lowest BCUT2D eigenvalue weighted by Crippen LogP contribution is -2.38. The summed E-state index contributed by atoms with van der Waals surface area (Å²) in [4.78, 5) is 23.4. The Balaban J connectivity index is 2.48. The van der Waals surface area contributed by atoms with Gasteiger partial charge in [-0.15, -0.1) is 6.58 Å². The van der Waals surface area contributed by atoms with Crippen LogP contribution in [0, 0.1) is 0 Å². The highest BCUT2D eigenvalue weighted by Gasteiger charge is 2.22. The second kappa shape index (κ2) is 8.46. The van der Waals surface area contributed by atoms with Crippen molar-refractivity contribution in [1.29, 1.82) is 0 Å². The molecule has 0 saturated heterocycles. The van der Waals surface area contributed by atoms with Gasteiger partial charge in [0.25, 0.3) is 5.91 Å². The molecular weight excluding hydrogens is 338 g/mol. The molecule has 0 spiro atoms. The smallest absolute Gasteiger partial charge is 0.347 e. The molecule has 6 heteroatoms. The lowest BCUT2D eigenvalue weighted by atomic mass is 10.3. The number of benzene rings is 1. The van der Waals surface area contributed by atoms with E-state index in [1.54, 1.807) is 37.3 Å². The van der Waals surface area contributed by atoms with E-state index in [1.807, 2.05) is 0 Å². The van der Waals surface area contributed by atoms with Gasteiger partial charge in [-0.25, -0.2) is 4.79 Å². The number of nitrogens with one attached hydrogen (secondary N) is 1. The maximum Gasteiger partial charge on any atom is 0.347 e. The van der Waals surface area contributed by atoms with Crippen LogP contribution in [0.4, 0.5) is 0 Å². The molecule has 0 aliphatic carbocycles. The minimum atomic E-state index is -0.881. The van der Waals surface area contributed by atoms with Crippen molar-refractivity contribution in [2.45, 2.75) is 26.1 Å². The maximum absolute atomic E-state index is 11.8. The molecule has 1 N–H and O–H groups in total. The van der Waals surface area contributed by atoms with E-state index in [0.717, 1.165) is 4.47 Å². The van der Waals surface area contributed by atoms with Crippen LogP contribution in [0.2, 0.25) is 0 Å². The lowest BCUT2D eigenvalue weighted by Gasteiger charge is -2.17. The van der Waals surface area contributed by atoms with Gasteiger partial charge in [0.1, 0.15) is 5.75 Å². The fraction of sp³-hybridized carbons (Fsp3) is 0.333. The molecule has 21 heavy (non-hydrogen) atoms. The number of rotatable bonds is 7. The topological polar surface area (TPSA) is 64.6 Å². The summed E-state index contributed by atoms with van der Waals surface area (Å²) in [6.45, 7) is 6.88. The predicted octanol–water partition coefficient (Wildman–Crippen LogP) is 2.45. The molecule has 0 saturated carbocycles. The molecule has 1 rings (SSSR count). The van der Waals surface area contributed by atoms with Gasteiger partial charge in [0.15, 0.2) is 12.2 Å². The number of ether oxygens (including phenoxy) is 2. The molecule has 0 unspecified atom stereocenters. The van der Waals surface area contributed by atoms with Gasteiger partial charge in [-0.2, -0.15) is 0 Å². The number of carbonyl (C=O) groups excluding carboxylic acids is 2. The first kappa shape index (κ1) is 17.2. The van der Waals surface area contributed by atoms with Gasteiger partial charge in [0, 0.05) is 11.0 Å². The fourth-order valence-electron chi connectivity index (χ4n) is 1.41. The first-order valence-electron chi connectivity index (χ1n) is 6.45.